The Morgan fingerprint density at radius 1 is 1.58 bits per heavy atom. The molecule has 4 nitrogen and oxygen atoms in total. The van der Waals surface area contributed by atoms with Gasteiger partial charge >= 0.3 is 5.97 Å². The third-order valence-electron chi connectivity index (χ3n) is 1.61. The average molecular weight is 174 g/mol. The Bertz CT molecular complexity index is 128. The first-order valence-electron chi connectivity index (χ1n) is 4.37. The molecule has 4 heteroatoms. The highest BCUT2D eigenvalue weighted by molar-refractivity contribution is 5.72. The minimum atomic E-state index is -0.912. The zero-order valence-electron chi connectivity index (χ0n) is 7.55. The van der Waals surface area contributed by atoms with E-state index in [-0.39, 0.29) is 0 Å². The van der Waals surface area contributed by atoms with Gasteiger partial charge in [-0.1, -0.05) is 6.92 Å². The Balaban J connectivity index is 3.14. The molecule has 12 heavy (non-hydrogen) atoms. The molecule has 0 radical (unpaired) electrons. The van der Waals surface area contributed by atoms with Crippen molar-refractivity contribution in [2.45, 2.75) is 32.2 Å². The number of aliphatic carboxylic acids is 1. The van der Waals surface area contributed by atoms with Crippen LogP contribution in [-0.4, -0.2) is 30.2 Å². The number of hydrogen-bond acceptors (Lipinski definition) is 3. The van der Waals surface area contributed by atoms with E-state index in [1.807, 2.05) is 0 Å². The third-order valence-corrected chi connectivity index (χ3v) is 1.61. The van der Waals surface area contributed by atoms with Crippen molar-refractivity contribution in [3.05, 3.63) is 0 Å². The van der Waals surface area contributed by atoms with Crippen LogP contribution < -0.4 is 11.1 Å². The third kappa shape index (κ3) is 6.12. The molecule has 0 spiro atoms. The van der Waals surface area contributed by atoms with E-state index in [2.05, 4.69) is 12.2 Å². The fourth-order valence-electron chi connectivity index (χ4n) is 0.872. The highest BCUT2D eigenvalue weighted by atomic mass is 16.4. The maximum Gasteiger partial charge on any atom is 0.320 e. The molecule has 4 N–H and O–H groups in total. The van der Waals surface area contributed by atoms with Crippen LogP contribution in [0.5, 0.6) is 0 Å². The van der Waals surface area contributed by atoms with Gasteiger partial charge in [-0.25, -0.2) is 0 Å². The van der Waals surface area contributed by atoms with Gasteiger partial charge in [0.1, 0.15) is 6.04 Å². The van der Waals surface area contributed by atoms with Crippen LogP contribution in [0.1, 0.15) is 26.2 Å². The summed E-state index contributed by atoms with van der Waals surface area (Å²) in [6.07, 6.45) is 2.48. The molecule has 0 saturated carbocycles. The first-order valence-corrected chi connectivity index (χ1v) is 4.37. The number of carboxylic acid groups (broad SMARTS) is 1. The van der Waals surface area contributed by atoms with Crippen molar-refractivity contribution in [2.24, 2.45) is 5.73 Å². The van der Waals surface area contributed by atoms with E-state index in [4.69, 9.17) is 10.8 Å². The smallest absolute Gasteiger partial charge is 0.320 e. The number of rotatable bonds is 7. The van der Waals surface area contributed by atoms with E-state index in [0.717, 1.165) is 25.9 Å². The minimum Gasteiger partial charge on any atom is -0.480 e. The van der Waals surface area contributed by atoms with Crippen molar-refractivity contribution in [1.29, 1.82) is 0 Å². The highest BCUT2D eigenvalue weighted by Crippen LogP contribution is 1.92. The van der Waals surface area contributed by atoms with E-state index < -0.39 is 12.0 Å². The quantitative estimate of drug-likeness (QED) is 0.481. The normalized spacial score (nSPS) is 12.8. The van der Waals surface area contributed by atoms with Crippen molar-refractivity contribution >= 4 is 5.97 Å². The molecule has 0 bridgehead atoms. The van der Waals surface area contributed by atoms with Crippen molar-refractivity contribution in [3.8, 4) is 0 Å². The number of carbonyl (C=O) groups is 1. The van der Waals surface area contributed by atoms with Gasteiger partial charge in [0.25, 0.3) is 0 Å². The molecule has 0 aromatic rings. The summed E-state index contributed by atoms with van der Waals surface area (Å²) < 4.78 is 0. The van der Waals surface area contributed by atoms with Gasteiger partial charge in [0.05, 0.1) is 0 Å². The van der Waals surface area contributed by atoms with Gasteiger partial charge in [-0.2, -0.15) is 0 Å². The maximum atomic E-state index is 10.3. The summed E-state index contributed by atoms with van der Waals surface area (Å²) in [7, 11) is 0. The summed E-state index contributed by atoms with van der Waals surface area (Å²) in [5.41, 5.74) is 5.30. The monoisotopic (exact) mass is 174 g/mol. The molecule has 0 aromatic heterocycles. The Morgan fingerprint density at radius 2 is 2.25 bits per heavy atom. The zero-order chi connectivity index (χ0) is 9.40. The second-order valence-corrected chi connectivity index (χ2v) is 2.84. The number of carboxylic acids is 1. The van der Waals surface area contributed by atoms with Crippen LogP contribution in [0.15, 0.2) is 0 Å². The lowest BCUT2D eigenvalue weighted by molar-refractivity contribution is -0.138. The van der Waals surface area contributed by atoms with E-state index in [0.29, 0.717) is 6.42 Å². The topological polar surface area (TPSA) is 75.3 Å². The molecular weight excluding hydrogens is 156 g/mol. The second-order valence-electron chi connectivity index (χ2n) is 2.84. The predicted octanol–water partition coefficient (Wildman–Crippen LogP) is 0.178. The minimum absolute atomic E-state index is 0.548. The Labute approximate surface area is 73.1 Å². The lowest BCUT2D eigenvalue weighted by atomic mass is 10.2. The van der Waals surface area contributed by atoms with Crippen molar-refractivity contribution in [2.75, 3.05) is 13.1 Å². The Morgan fingerprint density at radius 3 is 2.75 bits per heavy atom. The summed E-state index contributed by atoms with van der Waals surface area (Å²) >= 11 is 0. The van der Waals surface area contributed by atoms with Gasteiger partial charge in [-0.05, 0) is 32.4 Å². The molecule has 0 rings (SSSR count). The van der Waals surface area contributed by atoms with Crippen LogP contribution in [0, 0.1) is 0 Å². The number of nitrogens with one attached hydrogen (secondary N) is 1. The zero-order valence-corrected chi connectivity index (χ0v) is 7.55. The molecular formula is C8H18N2O2. The van der Waals surface area contributed by atoms with Gasteiger partial charge < -0.3 is 16.2 Å². The van der Waals surface area contributed by atoms with E-state index in [1.54, 1.807) is 0 Å². The molecule has 0 unspecified atom stereocenters. The van der Waals surface area contributed by atoms with Gasteiger partial charge in [0, 0.05) is 0 Å². The van der Waals surface area contributed by atoms with Crippen LogP contribution >= 0.6 is 0 Å². The van der Waals surface area contributed by atoms with Crippen LogP contribution in [0.25, 0.3) is 0 Å². The molecule has 0 fully saturated rings. The lowest BCUT2D eigenvalue weighted by Crippen LogP contribution is -2.31. The van der Waals surface area contributed by atoms with Crippen molar-refractivity contribution in [3.63, 3.8) is 0 Å². The van der Waals surface area contributed by atoms with E-state index in [1.165, 1.54) is 0 Å². The van der Waals surface area contributed by atoms with Gasteiger partial charge in [0.15, 0.2) is 0 Å². The number of nitrogens with two attached hydrogens (primary N) is 1. The standard InChI is InChI=1S/C8H18N2O2/c1-2-5-10-6-3-4-7(9)8(11)12/h7,10H,2-6,9H2,1H3,(H,11,12)/t7-/m0/s1. The largest absolute Gasteiger partial charge is 0.480 e. The molecule has 0 heterocycles. The molecule has 72 valence electrons. The van der Waals surface area contributed by atoms with Crippen LogP contribution in [-0.2, 0) is 4.79 Å². The van der Waals surface area contributed by atoms with Crippen LogP contribution in [0.4, 0.5) is 0 Å². The molecule has 0 aliphatic rings. The van der Waals surface area contributed by atoms with Crippen molar-refractivity contribution in [1.82, 2.24) is 5.32 Å². The van der Waals surface area contributed by atoms with Crippen molar-refractivity contribution < 1.29 is 9.90 Å². The molecule has 1 atom stereocenters. The predicted molar refractivity (Wildman–Crippen MR) is 48.0 cm³/mol. The van der Waals surface area contributed by atoms with Crippen LogP contribution in [0.2, 0.25) is 0 Å². The number of hydrogen-bond donors (Lipinski definition) is 3. The molecule has 0 aliphatic carbocycles. The van der Waals surface area contributed by atoms with E-state index in [9.17, 15) is 4.79 Å². The molecule has 0 aromatic carbocycles. The fourth-order valence-corrected chi connectivity index (χ4v) is 0.872. The summed E-state index contributed by atoms with van der Waals surface area (Å²) in [5, 5.41) is 11.6. The summed E-state index contributed by atoms with van der Waals surface area (Å²) in [4.78, 5) is 10.3. The van der Waals surface area contributed by atoms with E-state index >= 15 is 0 Å². The Kier molecular flexibility index (Phi) is 6.70. The first kappa shape index (κ1) is 11.4. The molecule has 0 amide bonds. The SMILES string of the molecule is CCCNCCC[C@H](N)C(=O)O. The van der Waals surface area contributed by atoms with Gasteiger partial charge in [0.2, 0.25) is 0 Å². The maximum absolute atomic E-state index is 10.3. The molecule has 0 aliphatic heterocycles. The second kappa shape index (κ2) is 7.06. The fraction of sp³-hybridized carbons (Fsp3) is 0.875. The average Bonchev–Trinajstić information content (AvgIpc) is 2.03. The summed E-state index contributed by atoms with van der Waals surface area (Å²) in [5.74, 6) is -0.912. The van der Waals surface area contributed by atoms with Crippen LogP contribution in [0.3, 0.4) is 0 Å². The van der Waals surface area contributed by atoms with Gasteiger partial charge in [-0.15, -0.1) is 0 Å². The van der Waals surface area contributed by atoms with Gasteiger partial charge in [-0.3, -0.25) is 4.79 Å². The lowest BCUT2D eigenvalue weighted by Gasteiger charge is -2.06. The molecule has 0 saturated heterocycles. The summed E-state index contributed by atoms with van der Waals surface area (Å²) in [6, 6.07) is -0.701. The Hall–Kier alpha value is -0.610. The first-order chi connectivity index (χ1) is 5.68. The highest BCUT2D eigenvalue weighted by Gasteiger charge is 2.09. The summed E-state index contributed by atoms with van der Waals surface area (Å²) in [6.45, 7) is 3.94.